The summed E-state index contributed by atoms with van der Waals surface area (Å²) in [4.78, 5) is 15.5. The fourth-order valence-electron chi connectivity index (χ4n) is 2.00. The van der Waals surface area contributed by atoms with E-state index in [0.717, 1.165) is 19.3 Å². The number of aromatic nitrogens is 3. The lowest BCUT2D eigenvalue weighted by molar-refractivity contribution is 0.0907. The fourth-order valence-corrected chi connectivity index (χ4v) is 2.00. The average Bonchev–Trinajstić information content (AvgIpc) is 2.84. The maximum atomic E-state index is 11.6. The minimum atomic E-state index is -0.288. The third-order valence-corrected chi connectivity index (χ3v) is 2.94. The Morgan fingerprint density at radius 2 is 2.44 bits per heavy atom. The highest BCUT2D eigenvalue weighted by Crippen LogP contribution is 2.24. The summed E-state index contributed by atoms with van der Waals surface area (Å²) in [5.41, 5.74) is 0. The Balaban J connectivity index is 1.84. The summed E-state index contributed by atoms with van der Waals surface area (Å²) in [5, 5.41) is 18.7. The van der Waals surface area contributed by atoms with Gasteiger partial charge in [0, 0.05) is 12.5 Å². The highest BCUT2D eigenvalue weighted by Gasteiger charge is 2.25. The van der Waals surface area contributed by atoms with Crippen molar-refractivity contribution in [1.82, 2.24) is 20.5 Å². The first-order valence-corrected chi connectivity index (χ1v) is 5.52. The highest BCUT2D eigenvalue weighted by atomic mass is 16.3. The van der Waals surface area contributed by atoms with Gasteiger partial charge in [0.25, 0.3) is 5.91 Å². The van der Waals surface area contributed by atoms with Gasteiger partial charge >= 0.3 is 0 Å². The predicted molar refractivity (Wildman–Crippen MR) is 56.8 cm³/mol. The molecule has 6 heteroatoms. The number of aliphatic hydroxyl groups is 1. The van der Waals surface area contributed by atoms with E-state index in [2.05, 4.69) is 20.5 Å². The number of aromatic amines is 1. The van der Waals surface area contributed by atoms with E-state index in [1.807, 2.05) is 0 Å². The second-order valence-electron chi connectivity index (χ2n) is 4.21. The Kier molecular flexibility index (Phi) is 3.19. The van der Waals surface area contributed by atoms with Crippen molar-refractivity contribution in [3.63, 3.8) is 0 Å². The lowest BCUT2D eigenvalue weighted by atomic mass is 10.1. The van der Waals surface area contributed by atoms with Crippen LogP contribution in [0, 0.1) is 12.8 Å². The van der Waals surface area contributed by atoms with E-state index in [1.165, 1.54) is 0 Å². The summed E-state index contributed by atoms with van der Waals surface area (Å²) >= 11 is 0. The summed E-state index contributed by atoms with van der Waals surface area (Å²) in [6.07, 6.45) is 2.55. The van der Waals surface area contributed by atoms with E-state index in [4.69, 9.17) is 0 Å². The smallest absolute Gasteiger partial charge is 0.290 e. The van der Waals surface area contributed by atoms with Gasteiger partial charge in [-0.25, -0.2) is 4.98 Å². The minimum Gasteiger partial charge on any atom is -0.393 e. The largest absolute Gasteiger partial charge is 0.393 e. The second-order valence-corrected chi connectivity index (χ2v) is 4.21. The van der Waals surface area contributed by atoms with Crippen molar-refractivity contribution in [2.24, 2.45) is 5.92 Å². The molecular formula is C10H16N4O2. The molecule has 0 aliphatic heterocycles. The molecule has 1 amide bonds. The lowest BCUT2D eigenvalue weighted by Crippen LogP contribution is -2.33. The number of H-pyrrole nitrogens is 1. The van der Waals surface area contributed by atoms with E-state index >= 15 is 0 Å². The van der Waals surface area contributed by atoms with Crippen molar-refractivity contribution in [3.8, 4) is 0 Å². The summed E-state index contributed by atoms with van der Waals surface area (Å²) in [7, 11) is 0. The summed E-state index contributed by atoms with van der Waals surface area (Å²) in [6, 6.07) is 0. The quantitative estimate of drug-likeness (QED) is 0.674. The number of hydrogen-bond donors (Lipinski definition) is 3. The summed E-state index contributed by atoms with van der Waals surface area (Å²) < 4.78 is 0. The molecule has 1 aliphatic rings. The first kappa shape index (κ1) is 11.1. The third kappa shape index (κ3) is 2.38. The van der Waals surface area contributed by atoms with Gasteiger partial charge in [-0.2, -0.15) is 0 Å². The van der Waals surface area contributed by atoms with Crippen LogP contribution in [-0.4, -0.2) is 38.8 Å². The van der Waals surface area contributed by atoms with Gasteiger partial charge in [-0.05, 0) is 19.8 Å². The van der Waals surface area contributed by atoms with Gasteiger partial charge in [-0.3, -0.25) is 9.89 Å². The van der Waals surface area contributed by atoms with E-state index in [0.29, 0.717) is 12.4 Å². The molecule has 0 aromatic carbocycles. The van der Waals surface area contributed by atoms with Crippen LogP contribution in [0.4, 0.5) is 0 Å². The van der Waals surface area contributed by atoms with Crippen molar-refractivity contribution in [3.05, 3.63) is 11.6 Å². The number of aliphatic hydroxyl groups excluding tert-OH is 1. The SMILES string of the molecule is Cc1nc(C(=O)NCC2CCCC2O)n[nH]1. The molecule has 1 aromatic heterocycles. The molecule has 0 bridgehead atoms. The summed E-state index contributed by atoms with van der Waals surface area (Å²) in [6.45, 7) is 2.23. The Hall–Kier alpha value is -1.43. The normalized spacial score (nSPS) is 24.6. The van der Waals surface area contributed by atoms with E-state index in [9.17, 15) is 9.90 Å². The van der Waals surface area contributed by atoms with Crippen LogP contribution in [-0.2, 0) is 0 Å². The van der Waals surface area contributed by atoms with Gasteiger partial charge in [0.1, 0.15) is 5.82 Å². The molecule has 3 N–H and O–H groups in total. The molecule has 2 atom stereocenters. The Labute approximate surface area is 93.5 Å². The molecule has 0 spiro atoms. The van der Waals surface area contributed by atoms with Crippen LogP contribution in [0.2, 0.25) is 0 Å². The number of rotatable bonds is 3. The van der Waals surface area contributed by atoms with Crippen LogP contribution in [0.5, 0.6) is 0 Å². The Morgan fingerprint density at radius 1 is 1.62 bits per heavy atom. The average molecular weight is 224 g/mol. The van der Waals surface area contributed by atoms with Crippen LogP contribution < -0.4 is 5.32 Å². The summed E-state index contributed by atoms with van der Waals surface area (Å²) in [5.74, 6) is 0.656. The number of nitrogens with zero attached hydrogens (tertiary/aromatic N) is 2. The van der Waals surface area contributed by atoms with Crippen LogP contribution >= 0.6 is 0 Å². The number of hydrogen-bond acceptors (Lipinski definition) is 4. The maximum Gasteiger partial charge on any atom is 0.290 e. The molecule has 1 heterocycles. The molecule has 1 fully saturated rings. The fraction of sp³-hybridized carbons (Fsp3) is 0.700. The zero-order chi connectivity index (χ0) is 11.5. The van der Waals surface area contributed by atoms with E-state index in [1.54, 1.807) is 6.92 Å². The zero-order valence-electron chi connectivity index (χ0n) is 9.23. The van der Waals surface area contributed by atoms with Crippen molar-refractivity contribution in [2.45, 2.75) is 32.3 Å². The van der Waals surface area contributed by atoms with Crippen molar-refractivity contribution in [1.29, 1.82) is 0 Å². The van der Waals surface area contributed by atoms with Gasteiger partial charge in [0.05, 0.1) is 6.10 Å². The van der Waals surface area contributed by atoms with Gasteiger partial charge < -0.3 is 10.4 Å². The molecule has 2 unspecified atom stereocenters. The van der Waals surface area contributed by atoms with Crippen molar-refractivity contribution >= 4 is 5.91 Å². The van der Waals surface area contributed by atoms with Crippen molar-refractivity contribution in [2.75, 3.05) is 6.54 Å². The van der Waals surface area contributed by atoms with E-state index in [-0.39, 0.29) is 23.8 Å². The van der Waals surface area contributed by atoms with Gasteiger partial charge in [-0.1, -0.05) is 6.42 Å². The number of nitrogens with one attached hydrogen (secondary N) is 2. The molecule has 6 nitrogen and oxygen atoms in total. The van der Waals surface area contributed by atoms with Crippen molar-refractivity contribution < 1.29 is 9.90 Å². The second kappa shape index (κ2) is 4.61. The van der Waals surface area contributed by atoms with Crippen LogP contribution in [0.15, 0.2) is 0 Å². The predicted octanol–water partition coefficient (Wildman–Crippen LogP) is 0.00392. The molecule has 2 rings (SSSR count). The zero-order valence-corrected chi connectivity index (χ0v) is 9.23. The van der Waals surface area contributed by atoms with Crippen LogP contribution in [0.25, 0.3) is 0 Å². The number of carbonyl (C=O) groups excluding carboxylic acids is 1. The van der Waals surface area contributed by atoms with Gasteiger partial charge in [0.15, 0.2) is 0 Å². The first-order valence-electron chi connectivity index (χ1n) is 5.52. The molecule has 1 aliphatic carbocycles. The molecule has 1 aromatic rings. The molecule has 1 saturated carbocycles. The van der Waals surface area contributed by atoms with Crippen LogP contribution in [0.1, 0.15) is 35.7 Å². The molecule has 88 valence electrons. The number of carbonyl (C=O) groups is 1. The lowest BCUT2D eigenvalue weighted by Gasteiger charge is -2.13. The number of amides is 1. The topological polar surface area (TPSA) is 90.9 Å². The Bertz CT molecular complexity index is 377. The van der Waals surface area contributed by atoms with E-state index < -0.39 is 0 Å². The molecular weight excluding hydrogens is 208 g/mol. The monoisotopic (exact) mass is 224 g/mol. The van der Waals surface area contributed by atoms with Crippen LogP contribution in [0.3, 0.4) is 0 Å². The minimum absolute atomic E-state index is 0.157. The Morgan fingerprint density at radius 3 is 3.00 bits per heavy atom. The number of aryl methyl sites for hydroxylation is 1. The van der Waals surface area contributed by atoms with Gasteiger partial charge in [0.2, 0.25) is 5.82 Å². The standard InChI is InChI=1S/C10H16N4O2/c1-6-12-9(14-13-6)10(16)11-5-7-3-2-4-8(7)15/h7-8,15H,2-5H2,1H3,(H,11,16)(H,12,13,14). The van der Waals surface area contributed by atoms with Gasteiger partial charge in [-0.15, -0.1) is 5.10 Å². The molecule has 0 radical (unpaired) electrons. The molecule has 16 heavy (non-hydrogen) atoms. The molecule has 0 saturated heterocycles. The maximum absolute atomic E-state index is 11.6. The highest BCUT2D eigenvalue weighted by molar-refractivity contribution is 5.90. The third-order valence-electron chi connectivity index (χ3n) is 2.94. The first-order chi connectivity index (χ1) is 7.66.